The molecular formula is C8H12N2O3S. The van der Waals surface area contributed by atoms with Gasteiger partial charge in [0.15, 0.2) is 5.78 Å². The first kappa shape index (κ1) is 10.9. The zero-order chi connectivity index (χ0) is 10.8. The zero-order valence-electron chi connectivity index (χ0n) is 8.02. The molecule has 1 N–H and O–H groups in total. The molecule has 6 heteroatoms. The van der Waals surface area contributed by atoms with Gasteiger partial charge in [0, 0.05) is 13.2 Å². The van der Waals surface area contributed by atoms with Crippen LogP contribution in [0.25, 0.3) is 0 Å². The fourth-order valence-electron chi connectivity index (χ4n) is 1.04. The van der Waals surface area contributed by atoms with Crippen LogP contribution >= 0.6 is 0 Å². The maximum Gasteiger partial charge on any atom is 0.209 e. The number of hydrogen-bond acceptors (Lipinski definition) is 3. The van der Waals surface area contributed by atoms with Gasteiger partial charge in [0.25, 0.3) is 0 Å². The third-order valence-electron chi connectivity index (χ3n) is 1.72. The lowest BCUT2D eigenvalue weighted by atomic mass is 10.3. The highest BCUT2D eigenvalue weighted by Crippen LogP contribution is 1.99. The maximum atomic E-state index is 11.4. The molecule has 0 aliphatic carbocycles. The lowest BCUT2D eigenvalue weighted by molar-refractivity contribution is 0.0989. The van der Waals surface area contributed by atoms with Gasteiger partial charge in [-0.25, -0.2) is 13.1 Å². The Bertz CT molecular complexity index is 433. The zero-order valence-corrected chi connectivity index (χ0v) is 8.84. The molecule has 1 aromatic heterocycles. The van der Waals surface area contributed by atoms with E-state index in [0.717, 1.165) is 6.26 Å². The Balaban J connectivity index is 2.65. The fraction of sp³-hybridized carbons (Fsp3) is 0.375. The number of ketones is 1. The standard InChI is InChI=1S/C8H12N2O3S/c1-10-5-3-4-7(10)8(11)6-9-14(2,12)13/h3-5,9H,6H2,1-2H3. The molecule has 0 spiro atoms. The van der Waals surface area contributed by atoms with E-state index >= 15 is 0 Å². The van der Waals surface area contributed by atoms with Crippen molar-refractivity contribution in [2.24, 2.45) is 7.05 Å². The van der Waals surface area contributed by atoms with Gasteiger partial charge in [-0.1, -0.05) is 0 Å². The molecule has 0 aromatic carbocycles. The monoisotopic (exact) mass is 216 g/mol. The Hall–Kier alpha value is -1.14. The second-order valence-corrected chi connectivity index (χ2v) is 4.85. The van der Waals surface area contributed by atoms with E-state index in [1.54, 1.807) is 29.9 Å². The van der Waals surface area contributed by atoms with E-state index in [9.17, 15) is 13.2 Å². The quantitative estimate of drug-likeness (QED) is 0.706. The Morgan fingerprint density at radius 1 is 1.57 bits per heavy atom. The predicted octanol–water partition coefficient (Wildman–Crippen LogP) is -0.243. The average molecular weight is 216 g/mol. The molecule has 0 atom stereocenters. The number of sulfonamides is 1. The van der Waals surface area contributed by atoms with Crippen LogP contribution in [-0.2, 0) is 17.1 Å². The summed E-state index contributed by atoms with van der Waals surface area (Å²) in [4.78, 5) is 11.4. The normalized spacial score (nSPS) is 11.6. The molecule has 5 nitrogen and oxygen atoms in total. The summed E-state index contributed by atoms with van der Waals surface area (Å²) >= 11 is 0. The summed E-state index contributed by atoms with van der Waals surface area (Å²) in [6.07, 6.45) is 2.75. The van der Waals surface area contributed by atoms with Crippen molar-refractivity contribution in [1.82, 2.24) is 9.29 Å². The molecule has 1 rings (SSSR count). The van der Waals surface area contributed by atoms with Gasteiger partial charge in [0.05, 0.1) is 18.5 Å². The number of carbonyl (C=O) groups is 1. The first-order valence-corrected chi connectivity index (χ1v) is 5.88. The fourth-order valence-corrected chi connectivity index (χ4v) is 1.43. The minimum atomic E-state index is -3.30. The summed E-state index contributed by atoms with van der Waals surface area (Å²) in [5.74, 6) is -0.247. The molecule has 0 amide bonds. The molecule has 1 heterocycles. The van der Waals surface area contributed by atoms with Crippen LogP contribution in [0.2, 0.25) is 0 Å². The van der Waals surface area contributed by atoms with Crippen LogP contribution in [-0.4, -0.2) is 31.6 Å². The third-order valence-corrected chi connectivity index (χ3v) is 2.39. The van der Waals surface area contributed by atoms with E-state index in [1.807, 2.05) is 0 Å². The van der Waals surface area contributed by atoms with Crippen molar-refractivity contribution in [3.05, 3.63) is 24.0 Å². The van der Waals surface area contributed by atoms with Gasteiger partial charge in [0.1, 0.15) is 0 Å². The molecule has 14 heavy (non-hydrogen) atoms. The summed E-state index contributed by atoms with van der Waals surface area (Å²) in [6.45, 7) is -0.198. The summed E-state index contributed by atoms with van der Waals surface area (Å²) < 4.78 is 25.2. The molecule has 0 aliphatic heterocycles. The summed E-state index contributed by atoms with van der Waals surface area (Å²) in [5, 5.41) is 0. The molecule has 0 saturated heterocycles. The number of hydrogen-bond donors (Lipinski definition) is 1. The highest BCUT2D eigenvalue weighted by atomic mass is 32.2. The van der Waals surface area contributed by atoms with Gasteiger partial charge in [0.2, 0.25) is 10.0 Å². The first-order chi connectivity index (χ1) is 6.40. The van der Waals surface area contributed by atoms with E-state index in [4.69, 9.17) is 0 Å². The molecule has 0 radical (unpaired) electrons. The van der Waals surface area contributed by atoms with Crippen LogP contribution in [0.15, 0.2) is 18.3 Å². The third kappa shape index (κ3) is 2.97. The summed E-state index contributed by atoms with van der Waals surface area (Å²) in [6, 6.07) is 3.37. The molecule has 0 unspecified atom stereocenters. The van der Waals surface area contributed by atoms with Crippen molar-refractivity contribution in [3.63, 3.8) is 0 Å². The summed E-state index contributed by atoms with van der Waals surface area (Å²) in [7, 11) is -1.57. The number of aryl methyl sites for hydroxylation is 1. The largest absolute Gasteiger partial charge is 0.348 e. The SMILES string of the molecule is Cn1cccc1C(=O)CNS(C)(=O)=O. The van der Waals surface area contributed by atoms with Crippen LogP contribution < -0.4 is 4.72 Å². The second kappa shape index (κ2) is 3.93. The first-order valence-electron chi connectivity index (χ1n) is 3.99. The van der Waals surface area contributed by atoms with Crippen LogP contribution in [0, 0.1) is 0 Å². The minimum absolute atomic E-state index is 0.198. The molecule has 0 saturated carbocycles. The maximum absolute atomic E-state index is 11.4. The van der Waals surface area contributed by atoms with Crippen LogP contribution in [0.1, 0.15) is 10.5 Å². The van der Waals surface area contributed by atoms with Crippen molar-refractivity contribution in [3.8, 4) is 0 Å². The highest BCUT2D eigenvalue weighted by molar-refractivity contribution is 7.88. The van der Waals surface area contributed by atoms with Gasteiger partial charge in [-0.15, -0.1) is 0 Å². The average Bonchev–Trinajstić information content (AvgIpc) is 2.46. The van der Waals surface area contributed by atoms with Gasteiger partial charge >= 0.3 is 0 Å². The Morgan fingerprint density at radius 2 is 2.21 bits per heavy atom. The van der Waals surface area contributed by atoms with Gasteiger partial charge in [-0.3, -0.25) is 4.79 Å². The molecule has 0 fully saturated rings. The number of nitrogens with one attached hydrogen (secondary N) is 1. The molecular weight excluding hydrogens is 204 g/mol. The smallest absolute Gasteiger partial charge is 0.209 e. The topological polar surface area (TPSA) is 68.2 Å². The molecule has 78 valence electrons. The number of carbonyl (C=O) groups excluding carboxylic acids is 1. The van der Waals surface area contributed by atoms with Crippen molar-refractivity contribution in [2.45, 2.75) is 0 Å². The van der Waals surface area contributed by atoms with E-state index in [-0.39, 0.29) is 12.3 Å². The van der Waals surface area contributed by atoms with Gasteiger partial charge in [-0.2, -0.15) is 0 Å². The lowest BCUT2D eigenvalue weighted by Crippen LogP contribution is -2.29. The highest BCUT2D eigenvalue weighted by Gasteiger charge is 2.10. The van der Waals surface area contributed by atoms with Crippen molar-refractivity contribution < 1.29 is 13.2 Å². The van der Waals surface area contributed by atoms with Crippen LogP contribution in [0.3, 0.4) is 0 Å². The Morgan fingerprint density at radius 3 is 2.64 bits per heavy atom. The summed E-state index contributed by atoms with van der Waals surface area (Å²) in [5.41, 5.74) is 0.487. The number of nitrogens with zero attached hydrogens (tertiary/aromatic N) is 1. The molecule has 1 aromatic rings. The van der Waals surface area contributed by atoms with Gasteiger partial charge < -0.3 is 4.57 Å². The predicted molar refractivity (Wildman–Crippen MR) is 52.6 cm³/mol. The van der Waals surface area contributed by atoms with E-state index in [2.05, 4.69) is 4.72 Å². The van der Waals surface area contributed by atoms with E-state index in [1.165, 1.54) is 0 Å². The van der Waals surface area contributed by atoms with Crippen LogP contribution in [0.4, 0.5) is 0 Å². The molecule has 0 bridgehead atoms. The van der Waals surface area contributed by atoms with Crippen molar-refractivity contribution in [1.29, 1.82) is 0 Å². The van der Waals surface area contributed by atoms with E-state index < -0.39 is 10.0 Å². The molecule has 0 aliphatic rings. The minimum Gasteiger partial charge on any atom is -0.348 e. The number of rotatable bonds is 4. The Kier molecular flexibility index (Phi) is 3.07. The number of Topliss-reactive ketones (excluding diaryl/α,β-unsaturated/α-hetero) is 1. The number of aromatic nitrogens is 1. The second-order valence-electron chi connectivity index (χ2n) is 3.02. The lowest BCUT2D eigenvalue weighted by Gasteiger charge is -2.02. The van der Waals surface area contributed by atoms with Gasteiger partial charge in [-0.05, 0) is 12.1 Å². The van der Waals surface area contributed by atoms with Crippen LogP contribution in [0.5, 0.6) is 0 Å². The van der Waals surface area contributed by atoms with E-state index in [0.29, 0.717) is 5.69 Å². The van der Waals surface area contributed by atoms with Crippen molar-refractivity contribution in [2.75, 3.05) is 12.8 Å². The Labute approximate surface area is 82.8 Å². The van der Waals surface area contributed by atoms with Crippen molar-refractivity contribution >= 4 is 15.8 Å².